The second-order valence-corrected chi connectivity index (χ2v) is 5.78. The average Bonchev–Trinajstić information content (AvgIpc) is 3.14. The molecule has 0 amide bonds. The standard InChI is InChI=1S/C17H19NO2/c1-11-13-5-8-20-17(13)15(14-6-9-19-16(11)14)10-12-4-2-3-7-18-12/h5-6,8-9,12,18H,2-4,7,10H2,1H3. The van der Waals surface area contributed by atoms with E-state index in [1.807, 2.05) is 6.07 Å². The third-order valence-electron chi connectivity index (χ3n) is 4.54. The van der Waals surface area contributed by atoms with Crippen molar-refractivity contribution in [2.24, 2.45) is 0 Å². The molecule has 1 aromatic carbocycles. The number of fused-ring (bicyclic) bond motifs is 2. The Hall–Kier alpha value is -1.74. The van der Waals surface area contributed by atoms with E-state index in [0.717, 1.165) is 24.1 Å². The summed E-state index contributed by atoms with van der Waals surface area (Å²) in [7, 11) is 0. The number of hydrogen-bond acceptors (Lipinski definition) is 3. The highest BCUT2D eigenvalue weighted by Crippen LogP contribution is 2.35. The summed E-state index contributed by atoms with van der Waals surface area (Å²) in [6, 6.07) is 4.67. The molecule has 0 spiro atoms. The Bertz CT molecular complexity index is 695. The molecular formula is C17H19NO2. The van der Waals surface area contributed by atoms with Gasteiger partial charge in [0.15, 0.2) is 0 Å². The van der Waals surface area contributed by atoms with Gasteiger partial charge in [0.2, 0.25) is 0 Å². The van der Waals surface area contributed by atoms with Crippen LogP contribution in [0.1, 0.15) is 30.4 Å². The van der Waals surface area contributed by atoms with Crippen LogP contribution in [0.4, 0.5) is 0 Å². The van der Waals surface area contributed by atoms with E-state index >= 15 is 0 Å². The predicted octanol–water partition coefficient (Wildman–Crippen LogP) is 4.17. The van der Waals surface area contributed by atoms with E-state index in [1.54, 1.807) is 12.5 Å². The predicted molar refractivity (Wildman–Crippen MR) is 80.1 cm³/mol. The largest absolute Gasteiger partial charge is 0.464 e. The van der Waals surface area contributed by atoms with Crippen LogP contribution in [0.3, 0.4) is 0 Å². The van der Waals surface area contributed by atoms with E-state index < -0.39 is 0 Å². The molecule has 104 valence electrons. The fourth-order valence-corrected chi connectivity index (χ4v) is 3.47. The van der Waals surface area contributed by atoms with Crippen LogP contribution in [0.2, 0.25) is 0 Å². The van der Waals surface area contributed by atoms with Crippen molar-refractivity contribution in [2.75, 3.05) is 6.54 Å². The molecule has 1 fully saturated rings. The molecule has 0 aliphatic carbocycles. The number of furan rings is 2. The quantitative estimate of drug-likeness (QED) is 0.758. The summed E-state index contributed by atoms with van der Waals surface area (Å²) in [4.78, 5) is 0. The van der Waals surface area contributed by atoms with Crippen molar-refractivity contribution in [1.82, 2.24) is 5.32 Å². The molecule has 3 aromatic rings. The van der Waals surface area contributed by atoms with Crippen LogP contribution in [0.5, 0.6) is 0 Å². The maximum Gasteiger partial charge on any atom is 0.138 e. The Labute approximate surface area is 117 Å². The molecule has 1 unspecified atom stereocenters. The minimum absolute atomic E-state index is 0.554. The van der Waals surface area contributed by atoms with E-state index in [0.29, 0.717) is 6.04 Å². The van der Waals surface area contributed by atoms with Gasteiger partial charge < -0.3 is 14.2 Å². The van der Waals surface area contributed by atoms with Gasteiger partial charge in [0.05, 0.1) is 12.5 Å². The summed E-state index contributed by atoms with van der Waals surface area (Å²) < 4.78 is 11.5. The number of piperidine rings is 1. The van der Waals surface area contributed by atoms with E-state index in [9.17, 15) is 0 Å². The Balaban J connectivity index is 1.88. The zero-order valence-corrected chi connectivity index (χ0v) is 11.7. The summed E-state index contributed by atoms with van der Waals surface area (Å²) in [5.41, 5.74) is 4.50. The molecule has 1 atom stereocenters. The van der Waals surface area contributed by atoms with Crippen molar-refractivity contribution < 1.29 is 8.83 Å². The topological polar surface area (TPSA) is 38.3 Å². The maximum atomic E-state index is 5.78. The lowest BCUT2D eigenvalue weighted by atomic mass is 9.93. The van der Waals surface area contributed by atoms with Gasteiger partial charge in [0, 0.05) is 27.9 Å². The van der Waals surface area contributed by atoms with Gasteiger partial charge in [-0.1, -0.05) is 6.42 Å². The number of nitrogens with one attached hydrogen (secondary N) is 1. The highest BCUT2D eigenvalue weighted by Gasteiger charge is 2.20. The average molecular weight is 269 g/mol. The number of aryl methyl sites for hydroxylation is 1. The van der Waals surface area contributed by atoms with Crippen LogP contribution < -0.4 is 5.32 Å². The molecule has 20 heavy (non-hydrogen) atoms. The Kier molecular flexibility index (Phi) is 2.81. The Morgan fingerprint density at radius 2 is 1.90 bits per heavy atom. The van der Waals surface area contributed by atoms with Gasteiger partial charge in [-0.25, -0.2) is 0 Å². The van der Waals surface area contributed by atoms with Gasteiger partial charge in [-0.05, 0) is 44.9 Å². The van der Waals surface area contributed by atoms with Crippen LogP contribution in [0.25, 0.3) is 21.9 Å². The fraction of sp³-hybridized carbons (Fsp3) is 0.412. The summed E-state index contributed by atoms with van der Waals surface area (Å²) in [5, 5.41) is 6.01. The van der Waals surface area contributed by atoms with Crippen LogP contribution in [0, 0.1) is 6.92 Å². The molecule has 3 heteroatoms. The fourth-order valence-electron chi connectivity index (χ4n) is 3.47. The molecule has 3 heterocycles. The van der Waals surface area contributed by atoms with Crippen molar-refractivity contribution in [3.63, 3.8) is 0 Å². The van der Waals surface area contributed by atoms with Gasteiger partial charge in [-0.3, -0.25) is 0 Å². The first-order valence-electron chi connectivity index (χ1n) is 7.44. The van der Waals surface area contributed by atoms with Crippen molar-refractivity contribution in [3.8, 4) is 0 Å². The van der Waals surface area contributed by atoms with Crippen LogP contribution >= 0.6 is 0 Å². The van der Waals surface area contributed by atoms with Crippen LogP contribution in [-0.4, -0.2) is 12.6 Å². The lowest BCUT2D eigenvalue weighted by molar-refractivity contribution is 0.399. The first kappa shape index (κ1) is 12.0. The van der Waals surface area contributed by atoms with E-state index in [2.05, 4.69) is 18.3 Å². The lowest BCUT2D eigenvalue weighted by Gasteiger charge is -2.23. The minimum atomic E-state index is 0.554. The molecule has 0 saturated carbocycles. The molecule has 2 aromatic heterocycles. The van der Waals surface area contributed by atoms with Crippen LogP contribution in [-0.2, 0) is 6.42 Å². The Morgan fingerprint density at radius 1 is 1.10 bits per heavy atom. The van der Waals surface area contributed by atoms with Gasteiger partial charge >= 0.3 is 0 Å². The summed E-state index contributed by atoms with van der Waals surface area (Å²) in [6.45, 7) is 3.23. The van der Waals surface area contributed by atoms with Crippen LogP contribution in [0.15, 0.2) is 33.5 Å². The Morgan fingerprint density at radius 3 is 2.70 bits per heavy atom. The highest BCUT2D eigenvalue weighted by molar-refractivity contribution is 6.01. The molecule has 0 bridgehead atoms. The van der Waals surface area contributed by atoms with Gasteiger partial charge in [0.25, 0.3) is 0 Å². The molecule has 1 aliphatic rings. The maximum absolute atomic E-state index is 5.78. The molecule has 1 N–H and O–H groups in total. The second kappa shape index (κ2) is 4.67. The smallest absolute Gasteiger partial charge is 0.138 e. The van der Waals surface area contributed by atoms with Gasteiger partial charge in [-0.2, -0.15) is 0 Å². The van der Waals surface area contributed by atoms with E-state index in [-0.39, 0.29) is 0 Å². The minimum Gasteiger partial charge on any atom is -0.464 e. The second-order valence-electron chi connectivity index (χ2n) is 5.78. The molecule has 3 nitrogen and oxygen atoms in total. The molecule has 1 saturated heterocycles. The molecule has 4 rings (SSSR count). The number of hydrogen-bond donors (Lipinski definition) is 1. The molecular weight excluding hydrogens is 250 g/mol. The molecule has 1 aliphatic heterocycles. The number of benzene rings is 1. The van der Waals surface area contributed by atoms with Gasteiger partial charge in [-0.15, -0.1) is 0 Å². The normalized spacial score (nSPS) is 19.9. The summed E-state index contributed by atoms with van der Waals surface area (Å²) >= 11 is 0. The van der Waals surface area contributed by atoms with Crippen molar-refractivity contribution in [2.45, 2.75) is 38.6 Å². The first-order chi connectivity index (χ1) is 9.84. The monoisotopic (exact) mass is 269 g/mol. The number of rotatable bonds is 2. The zero-order chi connectivity index (χ0) is 13.5. The third-order valence-corrected chi connectivity index (χ3v) is 4.54. The highest BCUT2D eigenvalue weighted by atomic mass is 16.3. The summed E-state index contributed by atoms with van der Waals surface area (Å²) in [6.07, 6.45) is 8.44. The van der Waals surface area contributed by atoms with Crippen molar-refractivity contribution in [3.05, 3.63) is 35.8 Å². The van der Waals surface area contributed by atoms with Crippen molar-refractivity contribution in [1.29, 1.82) is 0 Å². The van der Waals surface area contributed by atoms with Gasteiger partial charge in [0.1, 0.15) is 11.2 Å². The molecule has 0 radical (unpaired) electrons. The SMILES string of the molecule is Cc1c2ccoc2c(CC2CCCCN2)c2ccoc12. The third kappa shape index (κ3) is 1.77. The van der Waals surface area contributed by atoms with Crippen molar-refractivity contribution >= 4 is 21.9 Å². The van der Waals surface area contributed by atoms with E-state index in [4.69, 9.17) is 8.83 Å². The summed E-state index contributed by atoms with van der Waals surface area (Å²) in [5.74, 6) is 0. The lowest BCUT2D eigenvalue weighted by Crippen LogP contribution is -2.35. The first-order valence-corrected chi connectivity index (χ1v) is 7.44. The van der Waals surface area contributed by atoms with E-state index in [1.165, 1.54) is 41.2 Å². The zero-order valence-electron chi connectivity index (χ0n) is 11.7.